The first-order chi connectivity index (χ1) is 16.8. The Labute approximate surface area is 202 Å². The molecule has 0 aliphatic rings. The average Bonchev–Trinajstić information content (AvgIpc) is 3.55. The van der Waals surface area contributed by atoms with Gasteiger partial charge in [0.2, 0.25) is 0 Å². The number of furan rings is 1. The van der Waals surface area contributed by atoms with Gasteiger partial charge in [0.25, 0.3) is 11.8 Å². The van der Waals surface area contributed by atoms with Crippen LogP contribution < -0.4 is 15.4 Å². The zero-order chi connectivity index (χ0) is 25.1. The standard InChI is InChI=1S/C25H28N6O4/c1-6-31-23(25(33)28-19-12-26-30(5)17(19)4)20(13-27-31)29-24(32)21-10-9-18(35-21)14-34-22-11-15(2)7-8-16(22)3/h7-13H,6,14H2,1-5H3,(H,28,33)(H,29,32). The van der Waals surface area contributed by atoms with Crippen molar-refractivity contribution in [2.75, 3.05) is 10.6 Å². The van der Waals surface area contributed by atoms with Crippen molar-refractivity contribution in [3.05, 3.63) is 76.8 Å². The van der Waals surface area contributed by atoms with Crippen LogP contribution in [0.1, 0.15) is 50.5 Å². The Morgan fingerprint density at radius 2 is 1.74 bits per heavy atom. The second-order valence-electron chi connectivity index (χ2n) is 8.22. The van der Waals surface area contributed by atoms with Crippen molar-refractivity contribution in [3.63, 3.8) is 0 Å². The van der Waals surface area contributed by atoms with E-state index in [0.29, 0.717) is 18.0 Å². The lowest BCUT2D eigenvalue weighted by molar-refractivity contribution is 0.0992. The molecule has 35 heavy (non-hydrogen) atoms. The van der Waals surface area contributed by atoms with Gasteiger partial charge < -0.3 is 19.8 Å². The SMILES string of the molecule is CCn1ncc(NC(=O)c2ccc(COc3cc(C)ccc3C)o2)c1C(=O)Nc1cnn(C)c1C. The first-order valence-corrected chi connectivity index (χ1v) is 11.2. The van der Waals surface area contributed by atoms with Gasteiger partial charge in [-0.05, 0) is 57.0 Å². The molecule has 0 bridgehead atoms. The Bertz CT molecular complexity index is 1380. The van der Waals surface area contributed by atoms with E-state index in [1.54, 1.807) is 30.1 Å². The molecular formula is C25H28N6O4. The van der Waals surface area contributed by atoms with Crippen LogP contribution in [-0.2, 0) is 20.2 Å². The minimum Gasteiger partial charge on any atom is -0.485 e. The molecule has 0 saturated carbocycles. The first kappa shape index (κ1) is 23.8. The minimum atomic E-state index is -0.495. The predicted octanol–water partition coefficient (Wildman–Crippen LogP) is 4.24. The molecule has 3 heterocycles. The summed E-state index contributed by atoms with van der Waals surface area (Å²) in [6, 6.07) is 9.22. The topological polar surface area (TPSA) is 116 Å². The molecule has 182 valence electrons. The number of nitrogens with zero attached hydrogens (tertiary/aromatic N) is 4. The lowest BCUT2D eigenvalue weighted by atomic mass is 10.1. The number of ether oxygens (including phenoxy) is 1. The lowest BCUT2D eigenvalue weighted by Crippen LogP contribution is -2.21. The first-order valence-electron chi connectivity index (χ1n) is 11.2. The molecule has 0 radical (unpaired) electrons. The number of aryl methyl sites for hydroxylation is 4. The third-order valence-corrected chi connectivity index (χ3v) is 5.68. The highest BCUT2D eigenvalue weighted by molar-refractivity contribution is 6.11. The monoisotopic (exact) mass is 476 g/mol. The largest absolute Gasteiger partial charge is 0.485 e. The summed E-state index contributed by atoms with van der Waals surface area (Å²) in [5, 5.41) is 13.9. The number of amides is 2. The molecule has 3 aromatic heterocycles. The fourth-order valence-corrected chi connectivity index (χ4v) is 3.53. The van der Waals surface area contributed by atoms with Gasteiger partial charge in [-0.15, -0.1) is 0 Å². The maximum absolute atomic E-state index is 13.0. The molecule has 0 atom stereocenters. The van der Waals surface area contributed by atoms with E-state index in [2.05, 4.69) is 20.8 Å². The Kier molecular flexibility index (Phi) is 6.72. The molecule has 10 nitrogen and oxygen atoms in total. The van der Waals surface area contributed by atoms with Crippen LogP contribution in [0.5, 0.6) is 5.75 Å². The van der Waals surface area contributed by atoms with Gasteiger partial charge in [0.15, 0.2) is 5.76 Å². The molecule has 1 aromatic carbocycles. The van der Waals surface area contributed by atoms with Crippen molar-refractivity contribution in [2.45, 2.75) is 40.8 Å². The van der Waals surface area contributed by atoms with Crippen LogP contribution in [0.3, 0.4) is 0 Å². The Hall–Kier alpha value is -4.34. The average molecular weight is 477 g/mol. The molecule has 10 heteroatoms. The third-order valence-electron chi connectivity index (χ3n) is 5.68. The second-order valence-corrected chi connectivity index (χ2v) is 8.22. The fourth-order valence-electron chi connectivity index (χ4n) is 3.53. The van der Waals surface area contributed by atoms with Gasteiger partial charge in [-0.25, -0.2) is 0 Å². The Balaban J connectivity index is 1.46. The highest BCUT2D eigenvalue weighted by Gasteiger charge is 2.22. The van der Waals surface area contributed by atoms with Gasteiger partial charge in [0.05, 0.1) is 29.5 Å². The molecular weight excluding hydrogens is 448 g/mol. The van der Waals surface area contributed by atoms with E-state index in [1.807, 2.05) is 45.9 Å². The van der Waals surface area contributed by atoms with E-state index in [4.69, 9.17) is 9.15 Å². The maximum atomic E-state index is 13.0. The van der Waals surface area contributed by atoms with E-state index in [9.17, 15) is 9.59 Å². The van der Waals surface area contributed by atoms with Crippen molar-refractivity contribution in [2.24, 2.45) is 7.05 Å². The van der Waals surface area contributed by atoms with Crippen LogP contribution in [0.4, 0.5) is 11.4 Å². The van der Waals surface area contributed by atoms with Gasteiger partial charge in [-0.3, -0.25) is 19.0 Å². The third kappa shape index (κ3) is 5.11. The van der Waals surface area contributed by atoms with Gasteiger partial charge in [0.1, 0.15) is 23.8 Å². The van der Waals surface area contributed by atoms with E-state index in [-0.39, 0.29) is 23.7 Å². The number of aromatic nitrogens is 4. The summed E-state index contributed by atoms with van der Waals surface area (Å²) in [5.74, 6) is 0.468. The van der Waals surface area contributed by atoms with Crippen LogP contribution in [0.15, 0.2) is 47.1 Å². The summed E-state index contributed by atoms with van der Waals surface area (Å²) < 4.78 is 14.7. The maximum Gasteiger partial charge on any atom is 0.291 e. The number of rotatable bonds is 8. The smallest absolute Gasteiger partial charge is 0.291 e. The molecule has 2 N–H and O–H groups in total. The quantitative estimate of drug-likeness (QED) is 0.393. The van der Waals surface area contributed by atoms with Gasteiger partial charge in [-0.2, -0.15) is 10.2 Å². The summed E-state index contributed by atoms with van der Waals surface area (Å²) in [4.78, 5) is 25.9. The van der Waals surface area contributed by atoms with Crippen molar-refractivity contribution >= 4 is 23.2 Å². The zero-order valence-corrected chi connectivity index (χ0v) is 20.4. The molecule has 0 spiro atoms. The van der Waals surface area contributed by atoms with Gasteiger partial charge >= 0.3 is 0 Å². The molecule has 0 aliphatic carbocycles. The second kappa shape index (κ2) is 9.88. The highest BCUT2D eigenvalue weighted by Crippen LogP contribution is 2.23. The molecule has 0 saturated heterocycles. The van der Waals surface area contributed by atoms with Crippen LogP contribution >= 0.6 is 0 Å². The number of nitrogens with one attached hydrogen (secondary N) is 2. The summed E-state index contributed by atoms with van der Waals surface area (Å²) in [7, 11) is 1.79. The van der Waals surface area contributed by atoms with Crippen molar-refractivity contribution in [1.29, 1.82) is 0 Å². The van der Waals surface area contributed by atoms with Crippen molar-refractivity contribution < 1.29 is 18.7 Å². The van der Waals surface area contributed by atoms with Crippen LogP contribution in [-0.4, -0.2) is 31.4 Å². The summed E-state index contributed by atoms with van der Waals surface area (Å²) >= 11 is 0. The van der Waals surface area contributed by atoms with Crippen LogP contribution in [0.2, 0.25) is 0 Å². The zero-order valence-electron chi connectivity index (χ0n) is 20.4. The minimum absolute atomic E-state index is 0.100. The molecule has 2 amide bonds. The Morgan fingerprint density at radius 1 is 1.00 bits per heavy atom. The predicted molar refractivity (Wildman–Crippen MR) is 131 cm³/mol. The van der Waals surface area contributed by atoms with Crippen molar-refractivity contribution in [1.82, 2.24) is 19.6 Å². The summed E-state index contributed by atoms with van der Waals surface area (Å²) in [5.41, 5.74) is 4.00. The fraction of sp³-hybridized carbons (Fsp3) is 0.280. The molecule has 0 aliphatic heterocycles. The number of anilines is 2. The van der Waals surface area contributed by atoms with E-state index in [1.165, 1.54) is 10.9 Å². The molecule has 0 unspecified atom stereocenters. The van der Waals surface area contributed by atoms with Crippen molar-refractivity contribution in [3.8, 4) is 5.75 Å². The summed E-state index contributed by atoms with van der Waals surface area (Å²) in [6.07, 6.45) is 3.02. The molecule has 0 fully saturated rings. The number of hydrogen-bond donors (Lipinski definition) is 2. The molecule has 4 aromatic rings. The normalized spacial score (nSPS) is 10.9. The van der Waals surface area contributed by atoms with E-state index >= 15 is 0 Å². The highest BCUT2D eigenvalue weighted by atomic mass is 16.5. The number of carbonyl (C=O) groups is 2. The van der Waals surface area contributed by atoms with Gasteiger partial charge in [0, 0.05) is 13.6 Å². The van der Waals surface area contributed by atoms with Crippen LogP contribution in [0, 0.1) is 20.8 Å². The number of benzene rings is 1. The lowest BCUT2D eigenvalue weighted by Gasteiger charge is -2.09. The Morgan fingerprint density at radius 3 is 2.46 bits per heavy atom. The number of carbonyl (C=O) groups excluding carboxylic acids is 2. The van der Waals surface area contributed by atoms with E-state index in [0.717, 1.165) is 22.6 Å². The van der Waals surface area contributed by atoms with Gasteiger partial charge in [-0.1, -0.05) is 12.1 Å². The number of hydrogen-bond acceptors (Lipinski definition) is 6. The summed E-state index contributed by atoms with van der Waals surface area (Å²) in [6.45, 7) is 8.30. The van der Waals surface area contributed by atoms with Crippen LogP contribution in [0.25, 0.3) is 0 Å². The molecule has 4 rings (SSSR count). The van der Waals surface area contributed by atoms with E-state index < -0.39 is 11.8 Å².